The summed E-state index contributed by atoms with van der Waals surface area (Å²) in [6.07, 6.45) is 1.94. The van der Waals surface area contributed by atoms with Crippen LogP contribution in [0.3, 0.4) is 0 Å². The predicted octanol–water partition coefficient (Wildman–Crippen LogP) is 1.28. The van der Waals surface area contributed by atoms with Crippen LogP contribution in [0.1, 0.15) is 53.1 Å². The molecule has 2 rings (SSSR count). The van der Waals surface area contributed by atoms with Gasteiger partial charge >= 0.3 is 0 Å². The first-order chi connectivity index (χ1) is 9.02. The molecule has 1 aliphatic rings. The molecule has 0 aromatic carbocycles. The Morgan fingerprint density at radius 3 is 2.84 bits per heavy atom. The molecule has 1 aliphatic carbocycles. The van der Waals surface area contributed by atoms with Crippen molar-refractivity contribution in [3.63, 3.8) is 0 Å². The number of carbonyl (C=O) groups excluding carboxylic acids is 2. The molecule has 5 heteroatoms. The van der Waals surface area contributed by atoms with E-state index in [0.29, 0.717) is 30.6 Å². The van der Waals surface area contributed by atoms with Crippen molar-refractivity contribution in [1.82, 2.24) is 10.3 Å². The molecule has 1 unspecified atom stereocenters. The van der Waals surface area contributed by atoms with Crippen molar-refractivity contribution in [3.05, 3.63) is 33.2 Å². The molecule has 0 saturated carbocycles. The number of fused-ring (bicyclic) bond motifs is 1. The van der Waals surface area contributed by atoms with Crippen LogP contribution >= 0.6 is 0 Å². The highest BCUT2D eigenvalue weighted by Crippen LogP contribution is 2.23. The second-order valence-corrected chi connectivity index (χ2v) is 5.10. The molecule has 1 heterocycles. The quantitative estimate of drug-likeness (QED) is 0.861. The molecule has 5 nitrogen and oxygen atoms in total. The van der Waals surface area contributed by atoms with Gasteiger partial charge < -0.3 is 10.3 Å². The van der Waals surface area contributed by atoms with Gasteiger partial charge in [0.25, 0.3) is 11.5 Å². The molecular formula is C14H18N2O3. The van der Waals surface area contributed by atoms with E-state index in [9.17, 15) is 14.4 Å². The number of amides is 1. The number of carbonyl (C=O) groups is 2. The highest BCUT2D eigenvalue weighted by atomic mass is 16.2. The van der Waals surface area contributed by atoms with E-state index in [1.54, 1.807) is 0 Å². The Balaban J connectivity index is 2.38. The summed E-state index contributed by atoms with van der Waals surface area (Å²) in [5.41, 5.74) is 0.740. The van der Waals surface area contributed by atoms with Crippen molar-refractivity contribution in [2.45, 2.75) is 33.1 Å². The van der Waals surface area contributed by atoms with Crippen LogP contribution in [0.4, 0.5) is 0 Å². The number of nitrogens with one attached hydrogen (secondary N) is 2. The Morgan fingerprint density at radius 1 is 1.42 bits per heavy atom. The third-order valence-corrected chi connectivity index (χ3v) is 3.29. The van der Waals surface area contributed by atoms with Gasteiger partial charge in [-0.15, -0.1) is 0 Å². The number of H-pyrrole nitrogens is 1. The van der Waals surface area contributed by atoms with Gasteiger partial charge in [0.2, 0.25) is 0 Å². The first-order valence-electron chi connectivity index (χ1n) is 6.60. The molecule has 0 aliphatic heterocycles. The summed E-state index contributed by atoms with van der Waals surface area (Å²) in [5.74, 6) is -0.192. The Kier molecular flexibility index (Phi) is 3.83. The van der Waals surface area contributed by atoms with Gasteiger partial charge in [-0.05, 0) is 24.8 Å². The van der Waals surface area contributed by atoms with Crippen molar-refractivity contribution in [2.24, 2.45) is 5.92 Å². The predicted molar refractivity (Wildman–Crippen MR) is 71.5 cm³/mol. The molecule has 1 aromatic heterocycles. The van der Waals surface area contributed by atoms with Crippen LogP contribution in [0, 0.1) is 5.92 Å². The van der Waals surface area contributed by atoms with E-state index in [4.69, 9.17) is 0 Å². The van der Waals surface area contributed by atoms with Gasteiger partial charge in [0.1, 0.15) is 5.56 Å². The van der Waals surface area contributed by atoms with E-state index >= 15 is 0 Å². The normalized spacial score (nSPS) is 18.0. The van der Waals surface area contributed by atoms with Crippen LogP contribution in [0.15, 0.2) is 10.9 Å². The van der Waals surface area contributed by atoms with Crippen molar-refractivity contribution < 1.29 is 9.59 Å². The van der Waals surface area contributed by atoms with E-state index in [1.165, 1.54) is 6.07 Å². The number of aromatic nitrogens is 1. The van der Waals surface area contributed by atoms with E-state index in [2.05, 4.69) is 10.3 Å². The lowest BCUT2D eigenvalue weighted by Crippen LogP contribution is -2.32. The summed E-state index contributed by atoms with van der Waals surface area (Å²) in [7, 11) is 0. The molecule has 0 saturated heterocycles. The Hall–Kier alpha value is -1.91. The Morgan fingerprint density at radius 2 is 2.16 bits per heavy atom. The van der Waals surface area contributed by atoms with Crippen LogP contribution in [-0.2, 0) is 6.42 Å². The van der Waals surface area contributed by atoms with Crippen LogP contribution in [0.5, 0.6) is 0 Å². The van der Waals surface area contributed by atoms with E-state index in [0.717, 1.165) is 6.42 Å². The minimum Gasteiger partial charge on any atom is -0.352 e. The molecule has 19 heavy (non-hydrogen) atoms. The number of hydrogen-bond acceptors (Lipinski definition) is 3. The molecule has 0 fully saturated rings. The zero-order valence-electron chi connectivity index (χ0n) is 11.2. The second-order valence-electron chi connectivity index (χ2n) is 5.10. The van der Waals surface area contributed by atoms with Gasteiger partial charge in [0, 0.05) is 24.2 Å². The summed E-state index contributed by atoms with van der Waals surface area (Å²) in [5, 5.41) is 2.65. The van der Waals surface area contributed by atoms with Crippen LogP contribution < -0.4 is 10.9 Å². The number of ketones is 1. The highest BCUT2D eigenvalue weighted by molar-refractivity contribution is 6.01. The maximum Gasteiger partial charge on any atom is 0.261 e. The lowest BCUT2D eigenvalue weighted by Gasteiger charge is -2.20. The van der Waals surface area contributed by atoms with E-state index in [-0.39, 0.29) is 17.3 Å². The first kappa shape index (κ1) is 13.5. The fourth-order valence-corrected chi connectivity index (χ4v) is 2.33. The first-order valence-corrected chi connectivity index (χ1v) is 6.60. The van der Waals surface area contributed by atoms with Crippen LogP contribution in [-0.4, -0.2) is 23.2 Å². The minimum atomic E-state index is -0.422. The van der Waals surface area contributed by atoms with Crippen LogP contribution in [0.25, 0.3) is 0 Å². The SMILES string of the molecule is CCCNC(=O)c1cc2c([nH]c1=O)CC(C)CC2=O. The molecule has 2 N–H and O–H groups in total. The topological polar surface area (TPSA) is 79.0 Å². The van der Waals surface area contributed by atoms with Gasteiger partial charge in [-0.3, -0.25) is 14.4 Å². The number of pyridine rings is 1. The largest absolute Gasteiger partial charge is 0.352 e. The summed E-state index contributed by atoms with van der Waals surface area (Å²) >= 11 is 0. The maximum absolute atomic E-state index is 11.9. The van der Waals surface area contributed by atoms with E-state index < -0.39 is 11.5 Å². The summed E-state index contributed by atoms with van der Waals surface area (Å²) in [6, 6.07) is 1.44. The molecule has 1 amide bonds. The zero-order chi connectivity index (χ0) is 14.0. The van der Waals surface area contributed by atoms with Crippen molar-refractivity contribution in [1.29, 1.82) is 0 Å². The van der Waals surface area contributed by atoms with Gasteiger partial charge in [0.15, 0.2) is 5.78 Å². The number of aromatic amines is 1. The molecular weight excluding hydrogens is 244 g/mol. The fraction of sp³-hybridized carbons (Fsp3) is 0.500. The molecule has 0 radical (unpaired) electrons. The second kappa shape index (κ2) is 5.38. The molecule has 102 valence electrons. The molecule has 0 bridgehead atoms. The summed E-state index contributed by atoms with van der Waals surface area (Å²) < 4.78 is 0. The average Bonchev–Trinajstić information content (AvgIpc) is 2.34. The highest BCUT2D eigenvalue weighted by Gasteiger charge is 2.25. The number of Topliss-reactive ketones (excluding diaryl/α,β-unsaturated/α-hetero) is 1. The minimum absolute atomic E-state index is 0.00505. The zero-order valence-corrected chi connectivity index (χ0v) is 11.2. The van der Waals surface area contributed by atoms with Crippen molar-refractivity contribution in [2.75, 3.05) is 6.54 Å². The average molecular weight is 262 g/mol. The monoisotopic (exact) mass is 262 g/mol. The summed E-state index contributed by atoms with van der Waals surface area (Å²) in [6.45, 7) is 4.42. The molecule has 1 aromatic rings. The lowest BCUT2D eigenvalue weighted by atomic mass is 9.86. The molecule has 0 spiro atoms. The Labute approximate surface area is 111 Å². The fourth-order valence-electron chi connectivity index (χ4n) is 2.33. The smallest absolute Gasteiger partial charge is 0.261 e. The number of rotatable bonds is 3. The molecule has 1 atom stereocenters. The third kappa shape index (κ3) is 2.75. The Bertz CT molecular complexity index is 575. The van der Waals surface area contributed by atoms with Gasteiger partial charge in [0.05, 0.1) is 0 Å². The maximum atomic E-state index is 11.9. The van der Waals surface area contributed by atoms with Crippen LogP contribution in [0.2, 0.25) is 0 Å². The lowest BCUT2D eigenvalue weighted by molar-refractivity contribution is 0.0951. The van der Waals surface area contributed by atoms with Crippen molar-refractivity contribution >= 4 is 11.7 Å². The third-order valence-electron chi connectivity index (χ3n) is 3.29. The van der Waals surface area contributed by atoms with Gasteiger partial charge in [-0.25, -0.2) is 0 Å². The van der Waals surface area contributed by atoms with E-state index in [1.807, 2.05) is 13.8 Å². The van der Waals surface area contributed by atoms with Gasteiger partial charge in [-0.2, -0.15) is 0 Å². The summed E-state index contributed by atoms with van der Waals surface area (Å²) in [4.78, 5) is 38.3. The van der Waals surface area contributed by atoms with Gasteiger partial charge in [-0.1, -0.05) is 13.8 Å². The number of hydrogen-bond donors (Lipinski definition) is 2. The standard InChI is InChI=1S/C14H18N2O3/c1-3-4-15-13(18)10-7-9-11(16-14(10)19)5-8(2)6-12(9)17/h7-8H,3-6H2,1-2H3,(H,15,18)(H,16,19). The van der Waals surface area contributed by atoms with Crippen molar-refractivity contribution in [3.8, 4) is 0 Å².